The number of amides is 1. The molecule has 0 aliphatic rings. The third-order valence-corrected chi connectivity index (χ3v) is 7.25. The molecule has 5 aromatic rings. The number of fused-ring (bicyclic) bond motifs is 2. The molecule has 0 bridgehead atoms. The number of allylic oxidation sites excluding steroid dienone is 1. The highest BCUT2D eigenvalue weighted by molar-refractivity contribution is 7.22. The summed E-state index contributed by atoms with van der Waals surface area (Å²) in [6.45, 7) is 10.5. The molecule has 2 heterocycles. The van der Waals surface area contributed by atoms with E-state index >= 15 is 0 Å². The van der Waals surface area contributed by atoms with Crippen LogP contribution in [0.1, 0.15) is 36.1 Å². The van der Waals surface area contributed by atoms with Crippen molar-refractivity contribution in [3.63, 3.8) is 0 Å². The fourth-order valence-corrected chi connectivity index (χ4v) is 5.40. The average Bonchev–Trinajstić information content (AvgIpc) is 3.46. The summed E-state index contributed by atoms with van der Waals surface area (Å²) in [6.07, 6.45) is 3.40. The third kappa shape index (κ3) is 4.40. The van der Waals surface area contributed by atoms with Crippen molar-refractivity contribution in [2.24, 2.45) is 0 Å². The molecule has 0 unspecified atom stereocenters. The van der Waals surface area contributed by atoms with Crippen LogP contribution in [0.5, 0.6) is 5.75 Å². The number of carbonyl (C=O) groups is 1. The van der Waals surface area contributed by atoms with E-state index in [1.165, 1.54) is 16.9 Å². The van der Waals surface area contributed by atoms with E-state index in [0.717, 1.165) is 60.3 Å². The van der Waals surface area contributed by atoms with Gasteiger partial charge >= 0.3 is 0 Å². The minimum absolute atomic E-state index is 0.227. The lowest BCUT2D eigenvalue weighted by Crippen LogP contribution is -2.08. The Bertz CT molecular complexity index is 1620. The molecule has 0 saturated heterocycles. The Morgan fingerprint density at radius 3 is 2.64 bits per heavy atom. The van der Waals surface area contributed by atoms with Crippen LogP contribution in [0.2, 0.25) is 0 Å². The molecule has 6 heteroatoms. The predicted molar refractivity (Wildman–Crippen MR) is 149 cm³/mol. The lowest BCUT2D eigenvalue weighted by Gasteiger charge is -2.15. The number of anilines is 1. The minimum Gasteiger partial charge on any atom is -0.493 e. The van der Waals surface area contributed by atoms with Gasteiger partial charge in [-0.3, -0.25) is 10.1 Å². The van der Waals surface area contributed by atoms with Crippen LogP contribution >= 0.6 is 11.3 Å². The molecule has 0 aliphatic carbocycles. The van der Waals surface area contributed by atoms with Crippen molar-refractivity contribution in [3.8, 4) is 16.9 Å². The average molecular weight is 497 g/mol. The van der Waals surface area contributed by atoms with Gasteiger partial charge in [-0.1, -0.05) is 53.3 Å². The first-order valence-corrected chi connectivity index (χ1v) is 12.8. The molecule has 0 aliphatic heterocycles. The second kappa shape index (κ2) is 9.63. The van der Waals surface area contributed by atoms with Crippen LogP contribution < -0.4 is 10.1 Å². The maximum absolute atomic E-state index is 13.0. The van der Waals surface area contributed by atoms with E-state index in [1.807, 2.05) is 45.9 Å². The van der Waals surface area contributed by atoms with E-state index in [9.17, 15) is 4.79 Å². The Morgan fingerprint density at radius 2 is 1.92 bits per heavy atom. The van der Waals surface area contributed by atoms with Gasteiger partial charge in [0.1, 0.15) is 11.3 Å². The topological polar surface area (TPSA) is 64.4 Å². The summed E-state index contributed by atoms with van der Waals surface area (Å²) in [4.78, 5) is 17.6. The summed E-state index contributed by atoms with van der Waals surface area (Å²) < 4.78 is 13.1. The number of rotatable bonds is 6. The molecule has 0 spiro atoms. The van der Waals surface area contributed by atoms with Gasteiger partial charge in [0.15, 0.2) is 5.13 Å². The number of hydrogen-bond donors (Lipinski definition) is 1. The Hall–Kier alpha value is -3.90. The molecule has 1 amide bonds. The molecule has 1 N–H and O–H groups in total. The zero-order valence-electron chi connectivity index (χ0n) is 21.1. The molecule has 0 saturated carbocycles. The molecule has 5 rings (SSSR count). The minimum atomic E-state index is -0.227. The summed E-state index contributed by atoms with van der Waals surface area (Å²) in [5.41, 5.74) is 8.68. The summed E-state index contributed by atoms with van der Waals surface area (Å²) in [6, 6.07) is 16.5. The Kier molecular flexibility index (Phi) is 6.37. The third-order valence-electron chi connectivity index (χ3n) is 6.32. The van der Waals surface area contributed by atoms with Gasteiger partial charge in [0, 0.05) is 28.2 Å². The van der Waals surface area contributed by atoms with Gasteiger partial charge in [-0.15, -0.1) is 0 Å². The molecule has 0 atom stereocenters. The van der Waals surface area contributed by atoms with Crippen LogP contribution in [0.4, 0.5) is 5.13 Å². The predicted octanol–water partition coefficient (Wildman–Crippen LogP) is 8.08. The lowest BCUT2D eigenvalue weighted by atomic mass is 9.96. The van der Waals surface area contributed by atoms with Crippen molar-refractivity contribution in [2.75, 3.05) is 11.9 Å². The Balaban J connectivity index is 1.53. The van der Waals surface area contributed by atoms with Crippen LogP contribution in [0.3, 0.4) is 0 Å². The molecule has 0 radical (unpaired) electrons. The summed E-state index contributed by atoms with van der Waals surface area (Å²) in [5, 5.41) is 4.51. The fourth-order valence-electron chi connectivity index (χ4n) is 4.45. The molecule has 36 heavy (non-hydrogen) atoms. The number of aromatic nitrogens is 1. The van der Waals surface area contributed by atoms with Gasteiger partial charge in [0.2, 0.25) is 5.91 Å². The van der Waals surface area contributed by atoms with E-state index in [1.54, 1.807) is 12.3 Å². The van der Waals surface area contributed by atoms with Crippen molar-refractivity contribution in [1.82, 2.24) is 4.98 Å². The number of thiazole rings is 1. The van der Waals surface area contributed by atoms with E-state index in [-0.39, 0.29) is 5.91 Å². The van der Waals surface area contributed by atoms with E-state index in [0.29, 0.717) is 11.7 Å². The zero-order chi connectivity index (χ0) is 25.4. The van der Waals surface area contributed by atoms with Crippen LogP contribution in [0.25, 0.3) is 37.9 Å². The van der Waals surface area contributed by atoms with Crippen LogP contribution in [-0.2, 0) is 4.79 Å². The van der Waals surface area contributed by atoms with Crippen molar-refractivity contribution < 1.29 is 13.9 Å². The standard InChI is InChI=1S/C30H28N2O3S/c1-6-34-28-20(5)29-23(24(16-35-29)21-12-10-17(2)11-13-21)15-22(28)19(4)14-26(33)31-30-32-27-18(3)8-7-9-25(27)36-30/h7-16H,6H2,1-5H3,(H,31,32,33)/b19-14+. The van der Waals surface area contributed by atoms with Gasteiger partial charge in [-0.25, -0.2) is 4.98 Å². The van der Waals surface area contributed by atoms with Crippen molar-refractivity contribution in [3.05, 3.63) is 83.1 Å². The number of benzene rings is 3. The smallest absolute Gasteiger partial charge is 0.250 e. The summed E-state index contributed by atoms with van der Waals surface area (Å²) in [7, 11) is 0. The van der Waals surface area contributed by atoms with Gasteiger partial charge in [0.05, 0.1) is 23.1 Å². The number of para-hydroxylation sites is 1. The first-order valence-electron chi connectivity index (χ1n) is 12.0. The molecule has 0 fully saturated rings. The van der Waals surface area contributed by atoms with Crippen LogP contribution in [-0.4, -0.2) is 17.5 Å². The molecule has 182 valence electrons. The highest BCUT2D eigenvalue weighted by Gasteiger charge is 2.19. The maximum atomic E-state index is 13.0. The highest BCUT2D eigenvalue weighted by Crippen LogP contribution is 2.41. The number of carbonyl (C=O) groups excluding carboxylic acids is 1. The van der Waals surface area contributed by atoms with E-state index in [2.05, 4.69) is 47.6 Å². The number of aryl methyl sites for hydroxylation is 3. The van der Waals surface area contributed by atoms with Gasteiger partial charge in [-0.2, -0.15) is 0 Å². The quantitative estimate of drug-likeness (QED) is 0.241. The SMILES string of the molecule is CCOc1c(/C(C)=C/C(=O)Nc2nc3c(C)cccc3s2)cc2c(-c3ccc(C)cc3)coc2c1C. The van der Waals surface area contributed by atoms with Gasteiger partial charge in [0.25, 0.3) is 0 Å². The molecule has 3 aromatic carbocycles. The Morgan fingerprint density at radius 1 is 1.14 bits per heavy atom. The van der Waals surface area contributed by atoms with Gasteiger partial charge < -0.3 is 9.15 Å². The van der Waals surface area contributed by atoms with Crippen LogP contribution in [0.15, 0.2) is 65.3 Å². The zero-order valence-corrected chi connectivity index (χ0v) is 21.9. The Labute approximate surface area is 214 Å². The molecule has 5 nitrogen and oxygen atoms in total. The molecular formula is C30H28N2O3S. The molecular weight excluding hydrogens is 468 g/mol. The molecule has 2 aromatic heterocycles. The summed E-state index contributed by atoms with van der Waals surface area (Å²) >= 11 is 1.47. The number of furan rings is 1. The van der Waals surface area contributed by atoms with Crippen molar-refractivity contribution in [2.45, 2.75) is 34.6 Å². The largest absolute Gasteiger partial charge is 0.493 e. The number of hydrogen-bond acceptors (Lipinski definition) is 5. The first-order chi connectivity index (χ1) is 17.4. The first kappa shape index (κ1) is 23.8. The van der Waals surface area contributed by atoms with E-state index in [4.69, 9.17) is 9.15 Å². The van der Waals surface area contributed by atoms with Gasteiger partial charge in [-0.05, 0) is 63.5 Å². The number of nitrogens with one attached hydrogen (secondary N) is 1. The highest BCUT2D eigenvalue weighted by atomic mass is 32.1. The lowest BCUT2D eigenvalue weighted by molar-refractivity contribution is -0.111. The van der Waals surface area contributed by atoms with E-state index < -0.39 is 0 Å². The van der Waals surface area contributed by atoms with Crippen molar-refractivity contribution >= 4 is 49.1 Å². The van der Waals surface area contributed by atoms with Crippen LogP contribution in [0, 0.1) is 20.8 Å². The second-order valence-electron chi connectivity index (χ2n) is 8.96. The fraction of sp³-hybridized carbons (Fsp3) is 0.200. The monoisotopic (exact) mass is 496 g/mol. The summed E-state index contributed by atoms with van der Waals surface area (Å²) in [5.74, 6) is 0.502. The van der Waals surface area contributed by atoms with Crippen molar-refractivity contribution in [1.29, 1.82) is 0 Å². The number of nitrogens with zero attached hydrogens (tertiary/aromatic N) is 1. The second-order valence-corrected chi connectivity index (χ2v) is 9.99. The maximum Gasteiger partial charge on any atom is 0.250 e. The number of ether oxygens (including phenoxy) is 1. The normalized spacial score (nSPS) is 11.9.